The normalized spacial score (nSPS) is 10.6. The zero-order valence-electron chi connectivity index (χ0n) is 9.94. The fourth-order valence-electron chi connectivity index (χ4n) is 1.32. The van der Waals surface area contributed by atoms with Crippen LogP contribution in [0.25, 0.3) is 6.08 Å². The van der Waals surface area contributed by atoms with Crippen molar-refractivity contribution in [3.63, 3.8) is 0 Å². The molecule has 1 amide bonds. The molecule has 1 rings (SSSR count). The maximum Gasteiger partial charge on any atom is 0.328 e. The fourth-order valence-corrected chi connectivity index (χ4v) is 1.32. The van der Waals surface area contributed by atoms with Crippen molar-refractivity contribution in [3.8, 4) is 0 Å². The molecule has 0 atom stereocenters. The first-order valence-corrected chi connectivity index (χ1v) is 5.53. The third-order valence-electron chi connectivity index (χ3n) is 2.19. The van der Waals surface area contributed by atoms with Gasteiger partial charge in [-0.25, -0.2) is 9.18 Å². The molecule has 5 heteroatoms. The highest BCUT2D eigenvalue weighted by Gasteiger charge is 2.11. The van der Waals surface area contributed by atoms with Crippen LogP contribution < -0.4 is 5.32 Å². The molecule has 1 aromatic rings. The number of rotatable bonds is 5. The van der Waals surface area contributed by atoms with Gasteiger partial charge < -0.3 is 10.4 Å². The number of carboxylic acid groups (broad SMARTS) is 1. The summed E-state index contributed by atoms with van der Waals surface area (Å²) in [4.78, 5) is 22.0. The maximum absolute atomic E-state index is 13.4. The topological polar surface area (TPSA) is 66.4 Å². The van der Waals surface area contributed by atoms with E-state index in [0.29, 0.717) is 12.1 Å². The van der Waals surface area contributed by atoms with Crippen molar-refractivity contribution in [2.24, 2.45) is 0 Å². The Balaban J connectivity index is 2.94. The molecule has 18 heavy (non-hydrogen) atoms. The van der Waals surface area contributed by atoms with Gasteiger partial charge in [-0.2, -0.15) is 0 Å². The number of carbonyl (C=O) groups is 2. The molecule has 1 aromatic carbocycles. The molecule has 0 heterocycles. The molecule has 0 fully saturated rings. The Labute approximate surface area is 104 Å². The van der Waals surface area contributed by atoms with Gasteiger partial charge in [-0.15, -0.1) is 0 Å². The molecule has 0 saturated heterocycles. The van der Waals surface area contributed by atoms with E-state index in [-0.39, 0.29) is 5.56 Å². The van der Waals surface area contributed by atoms with Crippen LogP contribution in [0, 0.1) is 5.82 Å². The predicted molar refractivity (Wildman–Crippen MR) is 65.7 cm³/mol. The number of halogens is 1. The second kappa shape index (κ2) is 6.54. The lowest BCUT2D eigenvalue weighted by Gasteiger charge is -2.05. The Hall–Kier alpha value is -2.17. The summed E-state index contributed by atoms with van der Waals surface area (Å²) in [6, 6.07) is 3.87. The lowest BCUT2D eigenvalue weighted by atomic mass is 10.1. The first-order chi connectivity index (χ1) is 8.54. The molecule has 0 radical (unpaired) electrons. The third kappa shape index (κ3) is 4.01. The van der Waals surface area contributed by atoms with Crippen LogP contribution >= 0.6 is 0 Å². The van der Waals surface area contributed by atoms with Crippen LogP contribution in [0.1, 0.15) is 29.3 Å². The molecule has 4 nitrogen and oxygen atoms in total. The summed E-state index contributed by atoms with van der Waals surface area (Å²) in [6.07, 6.45) is 2.99. The van der Waals surface area contributed by atoms with E-state index in [1.54, 1.807) is 0 Å². The fraction of sp³-hybridized carbons (Fsp3) is 0.231. The average Bonchev–Trinajstić information content (AvgIpc) is 2.34. The molecular formula is C13H14FNO3. The lowest BCUT2D eigenvalue weighted by molar-refractivity contribution is -0.131. The van der Waals surface area contributed by atoms with Gasteiger partial charge in [0.25, 0.3) is 5.91 Å². The largest absolute Gasteiger partial charge is 0.478 e. The molecule has 0 unspecified atom stereocenters. The Morgan fingerprint density at radius 3 is 2.78 bits per heavy atom. The number of benzene rings is 1. The number of carbonyl (C=O) groups excluding carboxylic acids is 1. The molecule has 96 valence electrons. The van der Waals surface area contributed by atoms with E-state index < -0.39 is 17.7 Å². The Kier molecular flexibility index (Phi) is 5.05. The number of carboxylic acids is 1. The SMILES string of the molecule is CCCNC(=O)c1cc(C=CC(=O)O)ccc1F. The molecule has 0 spiro atoms. The summed E-state index contributed by atoms with van der Waals surface area (Å²) in [5.74, 6) is -2.23. The molecular weight excluding hydrogens is 237 g/mol. The second-order valence-electron chi connectivity index (χ2n) is 3.67. The van der Waals surface area contributed by atoms with Crippen LogP contribution in [-0.2, 0) is 4.79 Å². The van der Waals surface area contributed by atoms with Gasteiger partial charge >= 0.3 is 5.97 Å². The van der Waals surface area contributed by atoms with Gasteiger partial charge in [-0.1, -0.05) is 13.0 Å². The zero-order chi connectivity index (χ0) is 13.5. The number of hydrogen-bond donors (Lipinski definition) is 2. The molecule has 0 aromatic heterocycles. The average molecular weight is 251 g/mol. The van der Waals surface area contributed by atoms with Gasteiger partial charge in [0.15, 0.2) is 0 Å². The van der Waals surface area contributed by atoms with Gasteiger partial charge in [-0.05, 0) is 30.2 Å². The maximum atomic E-state index is 13.4. The first kappa shape index (κ1) is 13.9. The minimum absolute atomic E-state index is 0.0870. The number of hydrogen-bond acceptors (Lipinski definition) is 2. The first-order valence-electron chi connectivity index (χ1n) is 5.53. The number of amides is 1. The summed E-state index contributed by atoms with van der Waals surface area (Å²) >= 11 is 0. The Bertz CT molecular complexity index is 483. The van der Waals surface area contributed by atoms with Gasteiger partial charge in [0, 0.05) is 12.6 Å². The number of nitrogens with one attached hydrogen (secondary N) is 1. The van der Waals surface area contributed by atoms with E-state index >= 15 is 0 Å². The van der Waals surface area contributed by atoms with Crippen LogP contribution in [0.2, 0.25) is 0 Å². The molecule has 0 aliphatic rings. The summed E-state index contributed by atoms with van der Waals surface area (Å²) in [5, 5.41) is 11.0. The van der Waals surface area contributed by atoms with E-state index in [1.807, 2.05) is 6.92 Å². The zero-order valence-corrected chi connectivity index (χ0v) is 9.94. The van der Waals surface area contributed by atoms with Crippen molar-refractivity contribution in [3.05, 3.63) is 41.2 Å². The summed E-state index contributed by atoms with van der Waals surface area (Å²) < 4.78 is 13.4. The predicted octanol–water partition coefficient (Wildman–Crippen LogP) is 2.06. The van der Waals surface area contributed by atoms with Crippen molar-refractivity contribution in [2.75, 3.05) is 6.54 Å². The van der Waals surface area contributed by atoms with Gasteiger partial charge in [0.05, 0.1) is 5.56 Å². The summed E-state index contributed by atoms with van der Waals surface area (Å²) in [7, 11) is 0. The highest BCUT2D eigenvalue weighted by Crippen LogP contribution is 2.12. The monoisotopic (exact) mass is 251 g/mol. The highest BCUT2D eigenvalue weighted by molar-refractivity contribution is 5.95. The van der Waals surface area contributed by atoms with Crippen LogP contribution in [0.3, 0.4) is 0 Å². The van der Waals surface area contributed by atoms with Crippen LogP contribution in [0.4, 0.5) is 4.39 Å². The van der Waals surface area contributed by atoms with Gasteiger partial charge in [0.1, 0.15) is 5.82 Å². The lowest BCUT2D eigenvalue weighted by Crippen LogP contribution is -2.25. The minimum atomic E-state index is -1.10. The van der Waals surface area contributed by atoms with Gasteiger partial charge in [-0.3, -0.25) is 4.79 Å². The van der Waals surface area contributed by atoms with E-state index in [1.165, 1.54) is 18.2 Å². The Morgan fingerprint density at radius 2 is 2.17 bits per heavy atom. The van der Waals surface area contributed by atoms with E-state index in [4.69, 9.17) is 5.11 Å². The van der Waals surface area contributed by atoms with Crippen molar-refractivity contribution < 1.29 is 19.1 Å². The van der Waals surface area contributed by atoms with Crippen molar-refractivity contribution in [1.82, 2.24) is 5.32 Å². The third-order valence-corrected chi connectivity index (χ3v) is 2.19. The molecule has 2 N–H and O–H groups in total. The molecule has 0 aliphatic carbocycles. The van der Waals surface area contributed by atoms with E-state index in [9.17, 15) is 14.0 Å². The highest BCUT2D eigenvalue weighted by atomic mass is 19.1. The molecule has 0 saturated carbocycles. The Morgan fingerprint density at radius 1 is 1.44 bits per heavy atom. The number of aliphatic carboxylic acids is 1. The molecule has 0 aliphatic heterocycles. The smallest absolute Gasteiger partial charge is 0.328 e. The standard InChI is InChI=1S/C13H14FNO3/c1-2-7-15-13(18)10-8-9(3-5-11(10)14)4-6-12(16)17/h3-6,8H,2,7H2,1H3,(H,15,18)(H,16,17). The van der Waals surface area contributed by atoms with Crippen LogP contribution in [0.15, 0.2) is 24.3 Å². The van der Waals surface area contributed by atoms with E-state index in [0.717, 1.165) is 18.6 Å². The van der Waals surface area contributed by atoms with Crippen LogP contribution in [-0.4, -0.2) is 23.5 Å². The van der Waals surface area contributed by atoms with Crippen molar-refractivity contribution in [2.45, 2.75) is 13.3 Å². The van der Waals surface area contributed by atoms with E-state index in [2.05, 4.69) is 5.32 Å². The van der Waals surface area contributed by atoms with Crippen LogP contribution in [0.5, 0.6) is 0 Å². The van der Waals surface area contributed by atoms with Gasteiger partial charge in [0.2, 0.25) is 0 Å². The van der Waals surface area contributed by atoms with Crippen molar-refractivity contribution in [1.29, 1.82) is 0 Å². The molecule has 0 bridgehead atoms. The second-order valence-corrected chi connectivity index (χ2v) is 3.67. The minimum Gasteiger partial charge on any atom is -0.478 e. The summed E-state index contributed by atoms with van der Waals surface area (Å²) in [5.41, 5.74) is 0.372. The quantitative estimate of drug-likeness (QED) is 0.787. The van der Waals surface area contributed by atoms with Crippen molar-refractivity contribution >= 4 is 18.0 Å². The summed E-state index contributed by atoms with van der Waals surface area (Å²) in [6.45, 7) is 2.36.